The Balaban J connectivity index is 1.97. The minimum Gasteiger partial charge on any atom is -0.377 e. The molecule has 0 atom stereocenters. The number of rotatable bonds is 7. The first-order valence-electron chi connectivity index (χ1n) is 5.38. The first kappa shape index (κ1) is 11.5. The number of nitrogens with one attached hydrogen (secondary N) is 1. The molecule has 3 heteroatoms. The summed E-state index contributed by atoms with van der Waals surface area (Å²) >= 11 is 0. The fourth-order valence-corrected chi connectivity index (χ4v) is 1.48. The van der Waals surface area contributed by atoms with E-state index in [9.17, 15) is 0 Å². The lowest BCUT2D eigenvalue weighted by Gasteiger charge is -2.13. The van der Waals surface area contributed by atoms with Crippen LogP contribution < -0.4 is 5.32 Å². The van der Waals surface area contributed by atoms with Crippen molar-refractivity contribution in [2.75, 3.05) is 19.7 Å². The van der Waals surface area contributed by atoms with Crippen molar-refractivity contribution in [2.45, 2.75) is 39.2 Å². The number of hydrogen-bond donors (Lipinski definition) is 1. The van der Waals surface area contributed by atoms with Crippen LogP contribution in [0.5, 0.6) is 0 Å². The highest BCUT2D eigenvalue weighted by molar-refractivity contribution is 5.00. The third-order valence-electron chi connectivity index (χ3n) is 2.64. The van der Waals surface area contributed by atoms with Gasteiger partial charge in [0.15, 0.2) is 0 Å². The first-order valence-corrected chi connectivity index (χ1v) is 5.38. The van der Waals surface area contributed by atoms with Gasteiger partial charge in [0.25, 0.3) is 0 Å². The molecule has 1 saturated carbocycles. The standard InChI is InChI=1S/C11H20N2O/c1-10(2)14-8-7-13-9-11(3-4-11)5-6-12/h10,13H,3-5,7-9H2,1-2H3. The minimum atomic E-state index is 0.311. The van der Waals surface area contributed by atoms with Crippen LogP contribution in [0.1, 0.15) is 33.1 Å². The predicted molar refractivity (Wildman–Crippen MR) is 55.9 cm³/mol. The molecule has 80 valence electrons. The molecule has 0 saturated heterocycles. The number of nitrogens with zero attached hydrogens (tertiary/aromatic N) is 1. The Morgan fingerprint density at radius 2 is 2.21 bits per heavy atom. The highest BCUT2D eigenvalue weighted by Gasteiger charge is 2.41. The summed E-state index contributed by atoms with van der Waals surface area (Å²) in [6, 6.07) is 2.26. The van der Waals surface area contributed by atoms with E-state index in [-0.39, 0.29) is 0 Å². The van der Waals surface area contributed by atoms with Crippen molar-refractivity contribution in [3.63, 3.8) is 0 Å². The van der Waals surface area contributed by atoms with E-state index in [4.69, 9.17) is 10.00 Å². The molecule has 1 N–H and O–H groups in total. The molecule has 0 aromatic heterocycles. The van der Waals surface area contributed by atoms with E-state index in [1.165, 1.54) is 12.8 Å². The van der Waals surface area contributed by atoms with E-state index in [1.807, 2.05) is 13.8 Å². The number of ether oxygens (including phenoxy) is 1. The molecule has 0 amide bonds. The molecule has 0 radical (unpaired) electrons. The maximum atomic E-state index is 8.61. The summed E-state index contributed by atoms with van der Waals surface area (Å²) in [6.45, 7) is 6.71. The summed E-state index contributed by atoms with van der Waals surface area (Å²) in [4.78, 5) is 0. The molecular formula is C11H20N2O. The van der Waals surface area contributed by atoms with Gasteiger partial charge in [-0.3, -0.25) is 0 Å². The van der Waals surface area contributed by atoms with Gasteiger partial charge in [-0.25, -0.2) is 0 Å². The summed E-state index contributed by atoms with van der Waals surface area (Å²) in [5, 5.41) is 12.0. The van der Waals surface area contributed by atoms with Gasteiger partial charge in [0.2, 0.25) is 0 Å². The second-order valence-electron chi connectivity index (χ2n) is 4.43. The van der Waals surface area contributed by atoms with Crippen LogP contribution in [0.2, 0.25) is 0 Å². The summed E-state index contributed by atoms with van der Waals surface area (Å²) in [5.41, 5.74) is 0.312. The molecule has 0 unspecified atom stereocenters. The number of nitriles is 1. The molecule has 0 bridgehead atoms. The van der Waals surface area contributed by atoms with Gasteiger partial charge in [-0.05, 0) is 32.1 Å². The van der Waals surface area contributed by atoms with Crippen LogP contribution >= 0.6 is 0 Å². The van der Waals surface area contributed by atoms with Gasteiger partial charge >= 0.3 is 0 Å². The van der Waals surface area contributed by atoms with Gasteiger partial charge in [-0.15, -0.1) is 0 Å². The van der Waals surface area contributed by atoms with Crippen LogP contribution in [0.25, 0.3) is 0 Å². The summed E-state index contributed by atoms with van der Waals surface area (Å²) < 4.78 is 5.41. The Bertz CT molecular complexity index is 204. The Morgan fingerprint density at radius 1 is 1.50 bits per heavy atom. The second-order valence-corrected chi connectivity index (χ2v) is 4.43. The predicted octanol–water partition coefficient (Wildman–Crippen LogP) is 1.69. The zero-order chi connectivity index (χ0) is 10.4. The third-order valence-corrected chi connectivity index (χ3v) is 2.64. The van der Waals surface area contributed by atoms with E-state index < -0.39 is 0 Å². The van der Waals surface area contributed by atoms with E-state index in [0.717, 1.165) is 19.7 Å². The van der Waals surface area contributed by atoms with Crippen molar-refractivity contribution in [3.05, 3.63) is 0 Å². The summed E-state index contributed by atoms with van der Waals surface area (Å²) in [7, 11) is 0. The zero-order valence-corrected chi connectivity index (χ0v) is 9.18. The lowest BCUT2D eigenvalue weighted by atomic mass is 10.0. The largest absolute Gasteiger partial charge is 0.377 e. The quantitative estimate of drug-likeness (QED) is 0.630. The Labute approximate surface area is 86.4 Å². The molecule has 0 aliphatic heterocycles. The molecule has 14 heavy (non-hydrogen) atoms. The van der Waals surface area contributed by atoms with Crippen LogP contribution in [0, 0.1) is 16.7 Å². The van der Waals surface area contributed by atoms with Gasteiger partial charge in [-0.1, -0.05) is 0 Å². The Morgan fingerprint density at radius 3 is 2.71 bits per heavy atom. The first-order chi connectivity index (χ1) is 6.68. The van der Waals surface area contributed by atoms with Gasteiger partial charge in [0.05, 0.1) is 18.8 Å². The molecule has 1 aliphatic rings. The molecule has 0 spiro atoms. The van der Waals surface area contributed by atoms with Crippen molar-refractivity contribution in [2.24, 2.45) is 5.41 Å². The molecule has 0 heterocycles. The molecule has 1 aliphatic carbocycles. The van der Waals surface area contributed by atoms with E-state index in [0.29, 0.717) is 17.9 Å². The fraction of sp³-hybridized carbons (Fsp3) is 0.909. The average Bonchev–Trinajstić information content (AvgIpc) is 2.85. The monoisotopic (exact) mass is 196 g/mol. The molecule has 3 nitrogen and oxygen atoms in total. The highest BCUT2D eigenvalue weighted by Crippen LogP contribution is 2.47. The van der Waals surface area contributed by atoms with Crippen LogP contribution in [0.4, 0.5) is 0 Å². The third kappa shape index (κ3) is 4.08. The van der Waals surface area contributed by atoms with Crippen molar-refractivity contribution in [1.82, 2.24) is 5.32 Å². The highest BCUT2D eigenvalue weighted by atomic mass is 16.5. The SMILES string of the molecule is CC(C)OCCNCC1(CC#N)CC1. The van der Waals surface area contributed by atoms with Crippen molar-refractivity contribution in [3.8, 4) is 6.07 Å². The van der Waals surface area contributed by atoms with E-state index in [1.54, 1.807) is 0 Å². The van der Waals surface area contributed by atoms with Gasteiger partial charge in [0.1, 0.15) is 0 Å². The summed E-state index contributed by atoms with van der Waals surface area (Å²) in [5.74, 6) is 0. The van der Waals surface area contributed by atoms with Gasteiger partial charge in [0, 0.05) is 19.5 Å². The Kier molecular flexibility index (Phi) is 4.37. The smallest absolute Gasteiger partial charge is 0.0628 e. The van der Waals surface area contributed by atoms with Crippen molar-refractivity contribution in [1.29, 1.82) is 5.26 Å². The van der Waals surface area contributed by atoms with Crippen molar-refractivity contribution >= 4 is 0 Å². The maximum Gasteiger partial charge on any atom is 0.0628 e. The molecule has 1 rings (SSSR count). The van der Waals surface area contributed by atoms with E-state index in [2.05, 4.69) is 11.4 Å². The van der Waals surface area contributed by atoms with Gasteiger partial charge in [-0.2, -0.15) is 5.26 Å². The normalized spacial score (nSPS) is 18.1. The van der Waals surface area contributed by atoms with Gasteiger partial charge < -0.3 is 10.1 Å². The van der Waals surface area contributed by atoms with Crippen molar-refractivity contribution < 1.29 is 4.74 Å². The number of hydrogen-bond acceptors (Lipinski definition) is 3. The lowest BCUT2D eigenvalue weighted by Crippen LogP contribution is -2.27. The molecule has 1 fully saturated rings. The lowest BCUT2D eigenvalue weighted by molar-refractivity contribution is 0.0802. The van der Waals surface area contributed by atoms with Crippen LogP contribution in [0.15, 0.2) is 0 Å². The maximum absolute atomic E-state index is 8.61. The zero-order valence-electron chi connectivity index (χ0n) is 9.18. The molecule has 0 aromatic rings. The molecular weight excluding hydrogens is 176 g/mol. The Hall–Kier alpha value is -0.590. The topological polar surface area (TPSA) is 45.0 Å². The van der Waals surface area contributed by atoms with Crippen LogP contribution in [0.3, 0.4) is 0 Å². The molecule has 0 aromatic carbocycles. The second kappa shape index (κ2) is 5.33. The van der Waals surface area contributed by atoms with Crippen LogP contribution in [-0.2, 0) is 4.74 Å². The van der Waals surface area contributed by atoms with E-state index >= 15 is 0 Å². The fourth-order valence-electron chi connectivity index (χ4n) is 1.48. The minimum absolute atomic E-state index is 0.311. The van der Waals surface area contributed by atoms with Crippen LogP contribution in [-0.4, -0.2) is 25.8 Å². The average molecular weight is 196 g/mol. The summed E-state index contributed by atoms with van der Waals surface area (Å²) in [6.07, 6.45) is 3.42.